The maximum atomic E-state index is 11.7. The number of benzene rings is 2. The Morgan fingerprint density at radius 3 is 2.33 bits per heavy atom. The van der Waals surface area contributed by atoms with Crippen molar-refractivity contribution in [3.63, 3.8) is 0 Å². The maximum absolute atomic E-state index is 11.7. The van der Waals surface area contributed by atoms with Crippen LogP contribution in [0.15, 0.2) is 54.7 Å². The summed E-state index contributed by atoms with van der Waals surface area (Å²) in [7, 11) is 0. The van der Waals surface area contributed by atoms with Crippen LogP contribution >= 0.6 is 0 Å². The summed E-state index contributed by atoms with van der Waals surface area (Å²) in [6.45, 7) is 7.58. The number of amides is 1. The van der Waals surface area contributed by atoms with E-state index in [2.05, 4.69) is 64.0 Å². The summed E-state index contributed by atoms with van der Waals surface area (Å²) < 4.78 is 7.90. The molecule has 202 valence electrons. The molecule has 2 N–H and O–H groups in total. The van der Waals surface area contributed by atoms with Gasteiger partial charge in [-0.2, -0.15) is 15.1 Å². The summed E-state index contributed by atoms with van der Waals surface area (Å²) in [6, 6.07) is 16.5. The molecule has 10 heteroatoms. The highest BCUT2D eigenvalue weighted by Gasteiger charge is 2.22. The number of ether oxygens (including phenoxy) is 1. The van der Waals surface area contributed by atoms with Crippen molar-refractivity contribution in [3.8, 4) is 0 Å². The van der Waals surface area contributed by atoms with Gasteiger partial charge in [0.1, 0.15) is 5.82 Å². The second kappa shape index (κ2) is 10.9. The molecule has 0 bridgehead atoms. The molecule has 0 aliphatic carbocycles. The lowest BCUT2D eigenvalue weighted by Crippen LogP contribution is -2.48. The first-order valence-electron chi connectivity index (χ1n) is 13.6. The Labute approximate surface area is 228 Å². The molecule has 0 radical (unpaired) electrons. The fourth-order valence-corrected chi connectivity index (χ4v) is 5.14. The molecular weight excluding hydrogens is 492 g/mol. The average molecular weight is 527 g/mol. The normalized spacial score (nSPS) is 17.8. The zero-order chi connectivity index (χ0) is 26.8. The summed E-state index contributed by atoms with van der Waals surface area (Å²) >= 11 is 0. The Hall–Kier alpha value is -4.18. The minimum Gasteiger partial charge on any atom is -0.368 e. The number of anilines is 5. The molecule has 10 nitrogen and oxygen atoms in total. The van der Waals surface area contributed by atoms with Crippen LogP contribution in [-0.4, -0.2) is 63.3 Å². The Kier molecular flexibility index (Phi) is 7.02. The largest absolute Gasteiger partial charge is 0.368 e. The van der Waals surface area contributed by atoms with Crippen LogP contribution in [0.1, 0.15) is 38.0 Å². The van der Waals surface area contributed by atoms with E-state index in [4.69, 9.17) is 14.7 Å². The molecule has 6 rings (SSSR count). The van der Waals surface area contributed by atoms with E-state index in [1.165, 1.54) is 5.56 Å². The van der Waals surface area contributed by atoms with Crippen molar-refractivity contribution in [3.05, 3.63) is 60.3 Å². The number of nitrogens with zero attached hydrogens (tertiary/aromatic N) is 6. The highest BCUT2D eigenvalue weighted by Crippen LogP contribution is 2.31. The van der Waals surface area contributed by atoms with Gasteiger partial charge in [0.2, 0.25) is 11.9 Å². The smallest absolute Gasteiger partial charge is 0.231 e. The minimum absolute atomic E-state index is 0.131. The second-order valence-corrected chi connectivity index (χ2v) is 10.2. The molecule has 1 unspecified atom stereocenters. The molecule has 0 spiro atoms. The Balaban J connectivity index is 1.27. The van der Waals surface area contributed by atoms with Crippen molar-refractivity contribution in [2.45, 2.75) is 39.3 Å². The van der Waals surface area contributed by atoms with E-state index in [1.54, 1.807) is 6.92 Å². The average Bonchev–Trinajstić information content (AvgIpc) is 3.40. The van der Waals surface area contributed by atoms with Crippen LogP contribution in [0.5, 0.6) is 0 Å². The van der Waals surface area contributed by atoms with Crippen molar-refractivity contribution in [2.75, 3.05) is 48.3 Å². The zero-order valence-electron chi connectivity index (χ0n) is 22.4. The maximum Gasteiger partial charge on any atom is 0.231 e. The van der Waals surface area contributed by atoms with E-state index in [1.807, 2.05) is 27.9 Å². The van der Waals surface area contributed by atoms with Crippen LogP contribution in [0.3, 0.4) is 0 Å². The Bertz CT molecular complexity index is 1440. The third kappa shape index (κ3) is 5.51. The molecule has 2 fully saturated rings. The molecule has 2 aliphatic heterocycles. The predicted molar refractivity (Wildman–Crippen MR) is 153 cm³/mol. The van der Waals surface area contributed by atoms with Gasteiger partial charge in [-0.05, 0) is 62.6 Å². The zero-order valence-corrected chi connectivity index (χ0v) is 22.4. The first-order valence-corrected chi connectivity index (χ1v) is 13.6. The number of hydrogen-bond acceptors (Lipinski definition) is 8. The van der Waals surface area contributed by atoms with Gasteiger partial charge in [-0.15, -0.1) is 0 Å². The fraction of sp³-hybridized carbons (Fsp3) is 0.379. The highest BCUT2D eigenvalue weighted by atomic mass is 16.5. The minimum atomic E-state index is -0.131. The molecule has 4 aromatic rings. The van der Waals surface area contributed by atoms with E-state index < -0.39 is 0 Å². The lowest BCUT2D eigenvalue weighted by atomic mass is 10.2. The summed E-state index contributed by atoms with van der Waals surface area (Å²) in [4.78, 5) is 25.5. The van der Waals surface area contributed by atoms with Crippen molar-refractivity contribution in [1.82, 2.24) is 24.6 Å². The van der Waals surface area contributed by atoms with Crippen LogP contribution in [-0.2, 0) is 9.53 Å². The van der Waals surface area contributed by atoms with Gasteiger partial charge in [0.15, 0.2) is 11.9 Å². The van der Waals surface area contributed by atoms with Gasteiger partial charge in [0, 0.05) is 56.8 Å². The van der Waals surface area contributed by atoms with Crippen molar-refractivity contribution < 1.29 is 9.53 Å². The Morgan fingerprint density at radius 2 is 1.64 bits per heavy atom. The van der Waals surface area contributed by atoms with Gasteiger partial charge in [0.25, 0.3) is 0 Å². The molecule has 2 saturated heterocycles. The monoisotopic (exact) mass is 526 g/mol. The van der Waals surface area contributed by atoms with Gasteiger partial charge in [-0.25, -0.2) is 4.68 Å². The number of fused-ring (bicyclic) bond motifs is 1. The third-order valence-electron chi connectivity index (χ3n) is 7.41. The molecule has 4 heterocycles. The number of carbonyl (C=O) groups is 1. The quantitative estimate of drug-likeness (QED) is 0.363. The lowest BCUT2D eigenvalue weighted by molar-refractivity contribution is -0.129. The number of piperazine rings is 1. The third-order valence-corrected chi connectivity index (χ3v) is 7.41. The van der Waals surface area contributed by atoms with Crippen LogP contribution in [0, 0.1) is 6.92 Å². The standard InChI is InChI=1S/C29H34N8O2/c1-20-6-8-23(9-7-20)32-29-33-27(25-19-30-37(28(25)34-29)26-5-3-4-18-39-26)31-22-10-12-24(13-11-22)36-16-14-35(15-17-36)21(2)38/h6-13,19,26H,3-5,14-18H2,1-2H3,(H2,31,32,33,34). The van der Waals surface area contributed by atoms with Crippen LogP contribution in [0.2, 0.25) is 0 Å². The molecule has 2 aromatic carbocycles. The number of hydrogen-bond donors (Lipinski definition) is 2. The van der Waals surface area contributed by atoms with E-state index in [0.717, 1.165) is 80.1 Å². The van der Waals surface area contributed by atoms with E-state index in [-0.39, 0.29) is 12.1 Å². The van der Waals surface area contributed by atoms with Gasteiger partial charge in [-0.3, -0.25) is 4.79 Å². The number of rotatable bonds is 6. The molecule has 0 saturated carbocycles. The lowest BCUT2D eigenvalue weighted by Gasteiger charge is -2.35. The van der Waals surface area contributed by atoms with E-state index in [0.29, 0.717) is 11.8 Å². The molecule has 2 aromatic heterocycles. The van der Waals surface area contributed by atoms with E-state index in [9.17, 15) is 4.79 Å². The molecule has 39 heavy (non-hydrogen) atoms. The Morgan fingerprint density at radius 1 is 0.923 bits per heavy atom. The molecule has 2 aliphatic rings. The van der Waals surface area contributed by atoms with Crippen molar-refractivity contribution >= 4 is 45.8 Å². The van der Waals surface area contributed by atoms with E-state index >= 15 is 0 Å². The molecule has 1 atom stereocenters. The van der Waals surface area contributed by atoms with Gasteiger partial charge in [-0.1, -0.05) is 17.7 Å². The number of aromatic nitrogens is 4. The van der Waals surface area contributed by atoms with Crippen molar-refractivity contribution in [1.29, 1.82) is 0 Å². The molecular formula is C29H34N8O2. The van der Waals surface area contributed by atoms with Gasteiger partial charge >= 0.3 is 0 Å². The SMILES string of the molecule is CC(=O)N1CCN(c2ccc(Nc3nc(Nc4ccc(C)cc4)nc4c3cnn4C3CCCCO3)cc2)CC1. The number of aryl methyl sites for hydroxylation is 1. The van der Waals surface area contributed by atoms with Crippen LogP contribution in [0.4, 0.5) is 28.8 Å². The summed E-state index contributed by atoms with van der Waals surface area (Å²) in [5, 5.41) is 12.3. The fourth-order valence-electron chi connectivity index (χ4n) is 5.14. The van der Waals surface area contributed by atoms with Crippen LogP contribution < -0.4 is 15.5 Å². The summed E-state index contributed by atoms with van der Waals surface area (Å²) in [5.41, 5.74) is 4.90. The van der Waals surface area contributed by atoms with Crippen LogP contribution in [0.25, 0.3) is 11.0 Å². The number of nitrogens with one attached hydrogen (secondary N) is 2. The second-order valence-electron chi connectivity index (χ2n) is 10.2. The first-order chi connectivity index (χ1) is 19.0. The topological polar surface area (TPSA) is 100 Å². The summed E-state index contributed by atoms with van der Waals surface area (Å²) in [5.74, 6) is 1.31. The molecule has 1 amide bonds. The predicted octanol–water partition coefficient (Wildman–Crippen LogP) is 4.99. The first kappa shape index (κ1) is 25.1. The highest BCUT2D eigenvalue weighted by molar-refractivity contribution is 5.90. The van der Waals surface area contributed by atoms with Gasteiger partial charge < -0.3 is 25.2 Å². The number of carbonyl (C=O) groups excluding carboxylic acids is 1. The summed E-state index contributed by atoms with van der Waals surface area (Å²) in [6.07, 6.45) is 4.77. The van der Waals surface area contributed by atoms with Crippen molar-refractivity contribution in [2.24, 2.45) is 0 Å². The van der Waals surface area contributed by atoms with Gasteiger partial charge in [0.05, 0.1) is 11.6 Å².